The number of aryl methyl sites for hydroxylation is 1. The van der Waals surface area contributed by atoms with Gasteiger partial charge in [0.05, 0.1) is 0 Å². The van der Waals surface area contributed by atoms with Crippen LogP contribution in [0.25, 0.3) is 0 Å². The molecule has 0 heterocycles. The monoisotopic (exact) mass is 301 g/mol. The normalized spacial score (nSPS) is 11.4. The van der Waals surface area contributed by atoms with Crippen LogP contribution in [0.3, 0.4) is 0 Å². The lowest BCUT2D eigenvalue weighted by molar-refractivity contribution is 0.432. The summed E-state index contributed by atoms with van der Waals surface area (Å²) in [6.45, 7) is 1.75. The van der Waals surface area contributed by atoms with Crippen molar-refractivity contribution in [3.63, 3.8) is 0 Å². The van der Waals surface area contributed by atoms with E-state index in [0.29, 0.717) is 12.1 Å². The highest BCUT2D eigenvalue weighted by atomic mass is 32.2. The highest BCUT2D eigenvalue weighted by molar-refractivity contribution is 7.92. The summed E-state index contributed by atoms with van der Waals surface area (Å²) in [7, 11) is -4.33. The van der Waals surface area contributed by atoms with Crippen molar-refractivity contribution in [2.24, 2.45) is 0 Å². The predicted molar refractivity (Wildman–Crippen MR) is 68.3 cm³/mol. The number of rotatable bonds is 3. The summed E-state index contributed by atoms with van der Waals surface area (Å²) in [6.07, 6.45) is 0. The van der Waals surface area contributed by atoms with E-state index in [2.05, 4.69) is 4.72 Å². The Kier molecular flexibility index (Phi) is 3.71. The molecule has 0 aliphatic rings. The Labute approximate surface area is 114 Å². The number of halogens is 3. The molecule has 1 N–H and O–H groups in total. The lowest BCUT2D eigenvalue weighted by atomic mass is 10.2. The molecule has 2 rings (SSSR count). The molecule has 3 nitrogen and oxygen atoms in total. The van der Waals surface area contributed by atoms with E-state index in [-0.39, 0.29) is 5.69 Å². The zero-order valence-corrected chi connectivity index (χ0v) is 11.1. The van der Waals surface area contributed by atoms with E-state index < -0.39 is 32.4 Å². The van der Waals surface area contributed by atoms with Crippen LogP contribution in [0.4, 0.5) is 18.9 Å². The second-order valence-corrected chi connectivity index (χ2v) is 5.80. The molecule has 0 unspecified atom stereocenters. The van der Waals surface area contributed by atoms with Crippen molar-refractivity contribution < 1.29 is 21.6 Å². The lowest BCUT2D eigenvalue weighted by Gasteiger charge is -2.10. The Balaban J connectivity index is 2.44. The molecule has 0 atom stereocenters. The summed E-state index contributed by atoms with van der Waals surface area (Å²) >= 11 is 0. The van der Waals surface area contributed by atoms with Crippen molar-refractivity contribution >= 4 is 15.7 Å². The Bertz CT molecular complexity index is 760. The molecule has 106 valence electrons. The molecule has 7 heteroatoms. The number of benzene rings is 2. The van der Waals surface area contributed by atoms with Crippen LogP contribution in [-0.4, -0.2) is 8.42 Å². The number of sulfonamides is 1. The Hall–Kier alpha value is -2.02. The van der Waals surface area contributed by atoms with Gasteiger partial charge in [-0.25, -0.2) is 21.6 Å². The minimum absolute atomic E-state index is 0.203. The summed E-state index contributed by atoms with van der Waals surface area (Å²) in [5.74, 6) is -5.01. The Morgan fingerprint density at radius 3 is 2.35 bits per heavy atom. The fraction of sp³-hybridized carbons (Fsp3) is 0.0769. The van der Waals surface area contributed by atoms with Crippen molar-refractivity contribution in [3.8, 4) is 0 Å². The summed E-state index contributed by atoms with van der Waals surface area (Å²) in [4.78, 5) is -0.946. The third-order valence-corrected chi connectivity index (χ3v) is 3.96. The summed E-state index contributed by atoms with van der Waals surface area (Å²) in [6, 6.07) is 7.57. The topological polar surface area (TPSA) is 46.2 Å². The van der Waals surface area contributed by atoms with Gasteiger partial charge < -0.3 is 0 Å². The van der Waals surface area contributed by atoms with E-state index in [1.54, 1.807) is 19.1 Å². The van der Waals surface area contributed by atoms with Crippen molar-refractivity contribution in [2.75, 3.05) is 4.72 Å². The molecule has 0 spiro atoms. The maximum Gasteiger partial charge on any atom is 0.264 e. The molecule has 0 fully saturated rings. The van der Waals surface area contributed by atoms with Gasteiger partial charge in [0.25, 0.3) is 10.0 Å². The van der Waals surface area contributed by atoms with Crippen LogP contribution in [-0.2, 0) is 10.0 Å². The van der Waals surface area contributed by atoms with Crippen LogP contribution in [0.2, 0.25) is 0 Å². The summed E-state index contributed by atoms with van der Waals surface area (Å²) in [5.41, 5.74) is 0.991. The standard InChI is InChI=1S/C13H10F3NO2S/c1-8-3-2-4-9(7-8)17-20(18,19)11-6-5-10(14)12(15)13(11)16/h2-7,17H,1H3. The zero-order chi connectivity index (χ0) is 14.9. The third kappa shape index (κ3) is 2.77. The minimum Gasteiger partial charge on any atom is -0.280 e. The fourth-order valence-electron chi connectivity index (χ4n) is 1.63. The molecule has 20 heavy (non-hydrogen) atoms. The molecule has 2 aromatic carbocycles. The van der Waals surface area contributed by atoms with Crippen LogP contribution < -0.4 is 4.72 Å². The third-order valence-electron chi connectivity index (χ3n) is 2.56. The maximum absolute atomic E-state index is 13.5. The Morgan fingerprint density at radius 2 is 1.70 bits per heavy atom. The number of hydrogen-bond acceptors (Lipinski definition) is 2. The predicted octanol–water partition coefficient (Wildman–Crippen LogP) is 3.21. The first-order valence-corrected chi connectivity index (χ1v) is 7.02. The molecular formula is C13H10F3NO2S. The first-order valence-electron chi connectivity index (χ1n) is 5.54. The molecule has 0 bridgehead atoms. The minimum atomic E-state index is -4.33. The van der Waals surface area contributed by atoms with E-state index in [4.69, 9.17) is 0 Å². The van der Waals surface area contributed by atoms with Crippen LogP contribution in [0.1, 0.15) is 5.56 Å². The van der Waals surface area contributed by atoms with E-state index in [1.807, 2.05) is 0 Å². The zero-order valence-electron chi connectivity index (χ0n) is 10.3. The quantitative estimate of drug-likeness (QED) is 0.885. The highest BCUT2D eigenvalue weighted by Gasteiger charge is 2.24. The van der Waals surface area contributed by atoms with Crippen LogP contribution in [0.5, 0.6) is 0 Å². The van der Waals surface area contributed by atoms with Crippen molar-refractivity contribution in [1.29, 1.82) is 0 Å². The molecule has 0 saturated carbocycles. The van der Waals surface area contributed by atoms with E-state index in [9.17, 15) is 21.6 Å². The van der Waals surface area contributed by atoms with Gasteiger partial charge >= 0.3 is 0 Å². The van der Waals surface area contributed by atoms with Crippen LogP contribution >= 0.6 is 0 Å². The van der Waals surface area contributed by atoms with E-state index in [0.717, 1.165) is 5.56 Å². The molecular weight excluding hydrogens is 291 g/mol. The molecule has 0 saturated heterocycles. The van der Waals surface area contributed by atoms with Gasteiger partial charge in [0.1, 0.15) is 4.90 Å². The molecule has 0 aliphatic heterocycles. The molecule has 0 aromatic heterocycles. The van der Waals surface area contributed by atoms with Gasteiger partial charge in [-0.15, -0.1) is 0 Å². The lowest BCUT2D eigenvalue weighted by Crippen LogP contribution is -2.15. The molecule has 0 amide bonds. The van der Waals surface area contributed by atoms with Crippen molar-refractivity contribution in [3.05, 3.63) is 59.4 Å². The van der Waals surface area contributed by atoms with E-state index in [1.165, 1.54) is 12.1 Å². The number of anilines is 1. The number of hydrogen-bond donors (Lipinski definition) is 1. The average Bonchev–Trinajstić information content (AvgIpc) is 2.35. The van der Waals surface area contributed by atoms with Gasteiger partial charge in [-0.3, -0.25) is 4.72 Å². The SMILES string of the molecule is Cc1cccc(NS(=O)(=O)c2ccc(F)c(F)c2F)c1. The molecule has 0 radical (unpaired) electrons. The Morgan fingerprint density at radius 1 is 1.00 bits per heavy atom. The first-order chi connectivity index (χ1) is 9.31. The highest BCUT2D eigenvalue weighted by Crippen LogP contribution is 2.22. The number of nitrogens with one attached hydrogen (secondary N) is 1. The summed E-state index contributed by atoms with van der Waals surface area (Å²) in [5, 5.41) is 0. The van der Waals surface area contributed by atoms with Crippen LogP contribution in [0, 0.1) is 24.4 Å². The maximum atomic E-state index is 13.5. The van der Waals surface area contributed by atoms with Gasteiger partial charge in [-0.1, -0.05) is 12.1 Å². The smallest absolute Gasteiger partial charge is 0.264 e. The first kappa shape index (κ1) is 14.4. The van der Waals surface area contributed by atoms with E-state index >= 15 is 0 Å². The van der Waals surface area contributed by atoms with Gasteiger partial charge in [0.2, 0.25) is 0 Å². The van der Waals surface area contributed by atoms with Crippen LogP contribution in [0.15, 0.2) is 41.3 Å². The van der Waals surface area contributed by atoms with Gasteiger partial charge in [-0.2, -0.15) is 0 Å². The second kappa shape index (κ2) is 5.16. The van der Waals surface area contributed by atoms with Gasteiger partial charge in [0, 0.05) is 5.69 Å². The fourth-order valence-corrected chi connectivity index (χ4v) is 2.75. The molecule has 0 aliphatic carbocycles. The van der Waals surface area contributed by atoms with Crippen molar-refractivity contribution in [2.45, 2.75) is 11.8 Å². The molecule has 2 aromatic rings. The summed E-state index contributed by atoms with van der Waals surface area (Å²) < 4.78 is 65.4. The largest absolute Gasteiger partial charge is 0.280 e. The van der Waals surface area contributed by atoms with Gasteiger partial charge in [-0.05, 0) is 36.8 Å². The van der Waals surface area contributed by atoms with Gasteiger partial charge in [0.15, 0.2) is 17.5 Å². The average molecular weight is 301 g/mol. The second-order valence-electron chi connectivity index (χ2n) is 4.15. The van der Waals surface area contributed by atoms with Crippen molar-refractivity contribution in [1.82, 2.24) is 0 Å².